The second kappa shape index (κ2) is 22.9. The molecule has 15 aromatic rings. The third-order valence-corrected chi connectivity index (χ3v) is 23.9. The predicted molar refractivity (Wildman–Crippen MR) is 427 cm³/mol. The summed E-state index contributed by atoms with van der Waals surface area (Å²) < 4.78 is 5.63. The number of nitrogens with zero attached hydrogens (tertiary/aromatic N) is 2. The van der Waals surface area contributed by atoms with Gasteiger partial charge in [0.05, 0.1) is 29.3 Å². The highest BCUT2D eigenvalue weighted by Crippen LogP contribution is 2.66. The lowest BCUT2D eigenvalue weighted by molar-refractivity contribution is 0.415. The number of hydrogen-bond acceptors (Lipinski definition) is 3. The molecule has 0 heterocycles. The number of fused-ring (bicyclic) bond motifs is 21. The summed E-state index contributed by atoms with van der Waals surface area (Å²) in [6.07, 6.45) is 0.884. The van der Waals surface area contributed by atoms with E-state index in [0.717, 1.165) is 68.5 Å². The molecular formula is C100H74N2O. The summed E-state index contributed by atoms with van der Waals surface area (Å²) in [5.74, 6) is 0.837. The molecule has 3 nitrogen and oxygen atoms in total. The highest BCUT2D eigenvalue weighted by atomic mass is 16.5. The lowest BCUT2D eigenvalue weighted by atomic mass is 9.70. The van der Waals surface area contributed by atoms with Crippen molar-refractivity contribution < 1.29 is 4.74 Å². The smallest absolute Gasteiger partial charge is 0.118 e. The van der Waals surface area contributed by atoms with E-state index in [4.69, 9.17) is 4.74 Å². The average Bonchev–Trinajstić information content (AvgIpc) is 1.52. The molecule has 0 radical (unpaired) electrons. The molecule has 0 saturated heterocycles. The maximum Gasteiger partial charge on any atom is 0.118 e. The van der Waals surface area contributed by atoms with Gasteiger partial charge < -0.3 is 14.5 Å². The Morgan fingerprint density at radius 3 is 1.04 bits per heavy atom. The van der Waals surface area contributed by atoms with Crippen LogP contribution in [0.4, 0.5) is 34.1 Å². The molecule has 5 aliphatic carbocycles. The van der Waals surface area contributed by atoms with Crippen molar-refractivity contribution >= 4 is 34.1 Å². The fourth-order valence-corrected chi connectivity index (χ4v) is 19.5. The van der Waals surface area contributed by atoms with Crippen molar-refractivity contribution in [2.45, 2.75) is 55.8 Å². The Kier molecular flexibility index (Phi) is 13.5. The second-order valence-electron chi connectivity index (χ2n) is 29.8. The zero-order valence-corrected chi connectivity index (χ0v) is 58.4. The Labute approximate surface area is 603 Å². The van der Waals surface area contributed by atoms with E-state index in [1.54, 1.807) is 7.11 Å². The average molecular weight is 1320 g/mol. The first-order chi connectivity index (χ1) is 50.5. The van der Waals surface area contributed by atoms with Gasteiger partial charge in [-0.1, -0.05) is 293 Å². The highest BCUT2D eigenvalue weighted by molar-refractivity contribution is 6.00. The lowest BCUT2D eigenvalue weighted by Gasteiger charge is -2.34. The van der Waals surface area contributed by atoms with Crippen LogP contribution in [0, 0.1) is 6.92 Å². The van der Waals surface area contributed by atoms with E-state index in [1.807, 2.05) is 12.1 Å². The van der Waals surface area contributed by atoms with Crippen LogP contribution >= 0.6 is 0 Å². The SMILES string of the molecule is COc1ccc(-c2ccc(N(c3ccc4c(c3)C3(c5ccccc5-c5ccccc53)c3ccccc3-4)c3cc(C4(C)CC(C)(C)c5cc(N(c6ccc(C)cc6)c6ccc7c(c6)C6(c8ccccc8-c8ccccc86)c6ccccc6-7)c(-c6ccccc6)cc54)ccc3-c3ccccc3)cc2)cc1. The summed E-state index contributed by atoms with van der Waals surface area (Å²) in [5.41, 5.74) is 37.9. The van der Waals surface area contributed by atoms with Crippen LogP contribution in [0.15, 0.2) is 346 Å². The van der Waals surface area contributed by atoms with Crippen molar-refractivity contribution in [3.63, 3.8) is 0 Å². The quantitative estimate of drug-likeness (QED) is 0.128. The van der Waals surface area contributed by atoms with E-state index < -0.39 is 16.2 Å². The van der Waals surface area contributed by atoms with Crippen LogP contribution in [0.2, 0.25) is 0 Å². The Balaban J connectivity index is 0.801. The van der Waals surface area contributed by atoms with Gasteiger partial charge in [0.1, 0.15) is 5.75 Å². The molecule has 0 amide bonds. The van der Waals surface area contributed by atoms with Gasteiger partial charge in [-0.15, -0.1) is 0 Å². The molecule has 0 N–H and O–H groups in total. The molecule has 5 aliphatic rings. The number of benzene rings is 15. The number of methoxy groups -OCH3 is 1. The Hall–Kier alpha value is -12.3. The number of ether oxygens (including phenoxy) is 1. The summed E-state index contributed by atoms with van der Waals surface area (Å²) in [4.78, 5) is 5.14. The van der Waals surface area contributed by atoms with Gasteiger partial charge in [-0.25, -0.2) is 0 Å². The van der Waals surface area contributed by atoms with Gasteiger partial charge in [-0.2, -0.15) is 0 Å². The Morgan fingerprint density at radius 1 is 0.262 bits per heavy atom. The molecule has 0 aliphatic heterocycles. The van der Waals surface area contributed by atoms with Gasteiger partial charge in [0.2, 0.25) is 0 Å². The zero-order valence-electron chi connectivity index (χ0n) is 58.4. The van der Waals surface area contributed by atoms with E-state index in [1.165, 1.54) is 122 Å². The Bertz CT molecular complexity index is 5820. The van der Waals surface area contributed by atoms with Gasteiger partial charge >= 0.3 is 0 Å². The molecule has 0 aromatic heterocycles. The summed E-state index contributed by atoms with van der Waals surface area (Å²) >= 11 is 0. The molecule has 1 atom stereocenters. The van der Waals surface area contributed by atoms with Gasteiger partial charge in [-0.3, -0.25) is 0 Å². The van der Waals surface area contributed by atoms with Crippen LogP contribution in [0.3, 0.4) is 0 Å². The minimum Gasteiger partial charge on any atom is -0.497 e. The molecule has 0 fully saturated rings. The first kappa shape index (κ1) is 60.6. The molecule has 15 aromatic carbocycles. The molecule has 2 spiro atoms. The normalized spacial score (nSPS) is 15.7. The summed E-state index contributed by atoms with van der Waals surface area (Å²) in [7, 11) is 1.73. The van der Waals surface area contributed by atoms with Crippen molar-refractivity contribution in [2.75, 3.05) is 16.9 Å². The van der Waals surface area contributed by atoms with E-state index in [-0.39, 0.29) is 5.41 Å². The minimum absolute atomic E-state index is 0.264. The monoisotopic (exact) mass is 1320 g/mol. The van der Waals surface area contributed by atoms with E-state index >= 15 is 0 Å². The van der Waals surface area contributed by atoms with Crippen LogP contribution in [0.25, 0.3) is 77.9 Å². The minimum atomic E-state index is -0.539. The standard InChI is InChI=1S/C100H74N2O/c1-64-40-47-70(48-41-64)102(73-52-57-83-81-33-17-23-39-90(81)100(92(83)60-73)87-36-20-14-30-78(87)79-31-15-21-37-88(79)100)96-62-93-94(61-84(96)68-26-10-7-11-27-68)98(4,63-97(93,2)3)69-46-55-75(67-24-8-6-9-25-67)95(58-69)101(71-49-42-65(43-50-71)66-44-53-74(103-5)54-45-66)72-51-56-82-80-32-16-22-38-89(80)99(91(82)59-72)85-34-18-12-28-76(85)77-29-13-19-35-86(77)99/h6-62H,63H2,1-5H3. The van der Waals surface area contributed by atoms with Crippen LogP contribution in [-0.4, -0.2) is 7.11 Å². The first-order valence-electron chi connectivity index (χ1n) is 36.3. The van der Waals surface area contributed by atoms with E-state index in [2.05, 4.69) is 371 Å². The molecule has 3 heteroatoms. The predicted octanol–water partition coefficient (Wildman–Crippen LogP) is 25.6. The number of hydrogen-bond donors (Lipinski definition) is 0. The van der Waals surface area contributed by atoms with Crippen LogP contribution in [0.5, 0.6) is 5.75 Å². The summed E-state index contributed by atoms with van der Waals surface area (Å²) in [6, 6.07) is 131. The molecule has 490 valence electrons. The van der Waals surface area contributed by atoms with Gasteiger partial charge in [-0.05, 0) is 226 Å². The second-order valence-corrected chi connectivity index (χ2v) is 29.8. The number of rotatable bonds is 11. The van der Waals surface area contributed by atoms with Crippen molar-refractivity contribution in [2.24, 2.45) is 0 Å². The van der Waals surface area contributed by atoms with Crippen LogP contribution in [-0.2, 0) is 21.7 Å². The Morgan fingerprint density at radius 2 is 0.612 bits per heavy atom. The van der Waals surface area contributed by atoms with Crippen molar-refractivity contribution in [3.05, 3.63) is 413 Å². The molecule has 20 rings (SSSR count). The largest absolute Gasteiger partial charge is 0.497 e. The fourth-order valence-electron chi connectivity index (χ4n) is 19.5. The summed E-state index contributed by atoms with van der Waals surface area (Å²) in [6.45, 7) is 9.69. The highest BCUT2D eigenvalue weighted by Gasteiger charge is 2.54. The number of aryl methyl sites for hydroxylation is 1. The summed E-state index contributed by atoms with van der Waals surface area (Å²) in [5, 5.41) is 0. The third kappa shape index (κ3) is 8.76. The lowest BCUT2D eigenvalue weighted by Crippen LogP contribution is -2.26. The number of anilines is 6. The van der Waals surface area contributed by atoms with Crippen LogP contribution < -0.4 is 14.5 Å². The maximum atomic E-state index is 5.63. The van der Waals surface area contributed by atoms with E-state index in [9.17, 15) is 0 Å². The molecule has 103 heavy (non-hydrogen) atoms. The van der Waals surface area contributed by atoms with Crippen molar-refractivity contribution in [1.82, 2.24) is 0 Å². The van der Waals surface area contributed by atoms with Gasteiger partial charge in [0.15, 0.2) is 0 Å². The molecule has 1 unspecified atom stereocenters. The van der Waals surface area contributed by atoms with Crippen molar-refractivity contribution in [3.8, 4) is 83.6 Å². The molecule has 0 saturated carbocycles. The topological polar surface area (TPSA) is 15.7 Å². The fraction of sp³-hybridized carbons (Fsp3) is 0.100. The van der Waals surface area contributed by atoms with E-state index in [0.29, 0.717) is 0 Å². The van der Waals surface area contributed by atoms with Gasteiger partial charge in [0.25, 0.3) is 0 Å². The third-order valence-electron chi connectivity index (χ3n) is 23.9. The zero-order chi connectivity index (χ0) is 68.9. The molecule has 0 bridgehead atoms. The molecular weight excluding hydrogens is 1250 g/mol. The first-order valence-corrected chi connectivity index (χ1v) is 36.3. The van der Waals surface area contributed by atoms with Crippen molar-refractivity contribution in [1.29, 1.82) is 0 Å². The van der Waals surface area contributed by atoms with Gasteiger partial charge in [0, 0.05) is 39.3 Å². The van der Waals surface area contributed by atoms with Crippen LogP contribution in [0.1, 0.15) is 94.0 Å². The maximum absolute atomic E-state index is 5.63.